The molecule has 372 valence electrons. The number of carboxylic acid groups (broad SMARTS) is 2. The van der Waals surface area contributed by atoms with Crippen LogP contribution in [0, 0.1) is 0 Å². The Morgan fingerprint density at radius 3 is 0.671 bits per heavy atom. The maximum absolute atomic E-state index is 13.1. The molecule has 0 saturated heterocycles. The van der Waals surface area contributed by atoms with Crippen LogP contribution in [0.1, 0.15) is 130 Å². The molecule has 0 aromatic rings. The van der Waals surface area contributed by atoms with Crippen LogP contribution in [0.4, 0.5) is 0 Å². The number of aliphatic carboxylic acids is 2. The second-order valence-corrected chi connectivity index (χ2v) is 16.2. The first-order valence-electron chi connectivity index (χ1n) is 22.0. The third-order valence-electron chi connectivity index (χ3n) is 11.7. The van der Waals surface area contributed by atoms with E-state index in [9.17, 15) is 77.3 Å². The molecular weight excluding hydrogens is 929 g/mol. The summed E-state index contributed by atoms with van der Waals surface area (Å²) in [4.78, 5) is 177. The van der Waals surface area contributed by atoms with Gasteiger partial charge >= 0.3 is 83.6 Å². The van der Waals surface area contributed by atoms with Gasteiger partial charge in [0.05, 0.1) is 0 Å². The van der Waals surface area contributed by atoms with Crippen molar-refractivity contribution in [3.05, 3.63) is 79.0 Å². The van der Waals surface area contributed by atoms with E-state index in [1.165, 1.54) is 0 Å². The summed E-state index contributed by atoms with van der Waals surface area (Å²) in [6, 6.07) is 0. The van der Waals surface area contributed by atoms with E-state index in [1.807, 2.05) is 0 Å². The van der Waals surface area contributed by atoms with Gasteiger partial charge in [-0.1, -0.05) is 0 Å². The topological polar surface area (TPSA) is 335 Å². The third-order valence-corrected chi connectivity index (χ3v) is 11.7. The zero-order valence-corrected chi connectivity index (χ0v) is 38.5. The monoisotopic (exact) mass is 976 g/mol. The van der Waals surface area contributed by atoms with Gasteiger partial charge in [0.25, 0.3) is 0 Å². The minimum Gasteiger partial charge on any atom is -0.478 e. The standard InChI is InChI=1S/C48H48O22/c1-23(39(55)67-45(61)29-15-7-5-13-27(29)37(51)52)25(3)41(57)69-47(63)33-19-11-9-17-31(33)43(59)65-35(49)21-22-36(50)66-44(60)32-18-10-12-20-34(32)48(64)70-42(58)26(4)24(2)40(56)68-46(62)30-16-8-6-14-28(30)38(53)54/h21-22H,5-20H2,1-4H3,(H,51,52)(H,53,54)/b22-21-,25-23-,26-24-. The molecule has 4 aliphatic carbocycles. The Hall–Kier alpha value is -8.04. The molecule has 0 amide bonds. The molecule has 0 aromatic heterocycles. The van der Waals surface area contributed by atoms with Crippen LogP contribution < -0.4 is 0 Å². The fraction of sp³-hybridized carbons (Fsp3) is 0.417. The second kappa shape index (κ2) is 24.8. The predicted molar refractivity (Wildman–Crippen MR) is 230 cm³/mol. The number of hydrogen-bond acceptors (Lipinski definition) is 20. The first kappa shape index (κ1) is 54.6. The van der Waals surface area contributed by atoms with Gasteiger partial charge in [0.15, 0.2) is 0 Å². The molecular formula is C48H48O22. The lowest BCUT2D eigenvalue weighted by Gasteiger charge is -2.18. The number of carbonyl (C=O) groups excluding carboxylic acids is 12. The molecule has 0 aliphatic heterocycles. The fourth-order valence-corrected chi connectivity index (χ4v) is 7.46. The summed E-state index contributed by atoms with van der Waals surface area (Å²) in [6.45, 7) is 4.38. The number of rotatable bonds is 14. The van der Waals surface area contributed by atoms with Crippen molar-refractivity contribution in [2.45, 2.75) is 130 Å². The second-order valence-electron chi connectivity index (χ2n) is 16.2. The molecule has 22 heteroatoms. The van der Waals surface area contributed by atoms with E-state index in [2.05, 4.69) is 0 Å². The van der Waals surface area contributed by atoms with Crippen LogP contribution in [0.5, 0.6) is 0 Å². The maximum Gasteiger partial charge on any atom is 0.342 e. The number of ether oxygens (including phenoxy) is 6. The Labute approximate surface area is 398 Å². The Bertz CT molecular complexity index is 2420. The molecule has 0 heterocycles. The number of hydrogen-bond donors (Lipinski definition) is 2. The van der Waals surface area contributed by atoms with E-state index < -0.39 is 106 Å². The minimum atomic E-state index is -1.46. The molecule has 0 bridgehead atoms. The van der Waals surface area contributed by atoms with Gasteiger partial charge in [0.1, 0.15) is 0 Å². The van der Waals surface area contributed by atoms with Crippen LogP contribution in [0.3, 0.4) is 0 Å². The largest absolute Gasteiger partial charge is 0.478 e. The Morgan fingerprint density at radius 1 is 0.300 bits per heavy atom. The van der Waals surface area contributed by atoms with Gasteiger partial charge in [-0.2, -0.15) is 0 Å². The molecule has 0 saturated carbocycles. The highest BCUT2D eigenvalue weighted by Crippen LogP contribution is 2.31. The first-order chi connectivity index (χ1) is 33.0. The van der Waals surface area contributed by atoms with E-state index in [-0.39, 0.29) is 96.0 Å². The van der Waals surface area contributed by atoms with Crippen molar-refractivity contribution in [3.63, 3.8) is 0 Å². The molecule has 2 N–H and O–H groups in total. The van der Waals surface area contributed by atoms with E-state index in [0.29, 0.717) is 63.5 Å². The summed E-state index contributed by atoms with van der Waals surface area (Å²) in [5.41, 5.74) is -3.91. The molecule has 4 rings (SSSR count). The van der Waals surface area contributed by atoms with E-state index in [0.717, 1.165) is 27.7 Å². The Kier molecular flexibility index (Phi) is 19.4. The van der Waals surface area contributed by atoms with Gasteiger partial charge in [-0.05, 0) is 130 Å². The van der Waals surface area contributed by atoms with E-state index >= 15 is 0 Å². The minimum absolute atomic E-state index is 0.0640. The van der Waals surface area contributed by atoms with Crippen molar-refractivity contribution in [1.29, 1.82) is 0 Å². The van der Waals surface area contributed by atoms with Crippen molar-refractivity contribution in [3.8, 4) is 0 Å². The summed E-state index contributed by atoms with van der Waals surface area (Å²) in [5, 5.41) is 18.8. The van der Waals surface area contributed by atoms with Crippen LogP contribution in [-0.2, 0) is 95.5 Å². The average Bonchev–Trinajstić information content (AvgIpc) is 3.34. The van der Waals surface area contributed by atoms with Crippen molar-refractivity contribution < 1.29 is 106 Å². The normalized spacial score (nSPS) is 17.0. The van der Waals surface area contributed by atoms with Gasteiger partial charge in [-0.15, -0.1) is 0 Å². The number of carboxylic acids is 2. The lowest BCUT2D eigenvalue weighted by Crippen LogP contribution is -2.24. The molecule has 22 nitrogen and oxygen atoms in total. The lowest BCUT2D eigenvalue weighted by atomic mass is 9.91. The summed E-state index contributed by atoms with van der Waals surface area (Å²) >= 11 is 0. The number of carbonyl (C=O) groups is 14. The van der Waals surface area contributed by atoms with Crippen molar-refractivity contribution in [2.75, 3.05) is 0 Å². The highest BCUT2D eigenvalue weighted by Gasteiger charge is 2.33. The van der Waals surface area contributed by atoms with Gasteiger partial charge in [0, 0.05) is 79.0 Å². The van der Waals surface area contributed by atoms with Crippen molar-refractivity contribution >= 4 is 83.6 Å². The molecule has 0 unspecified atom stereocenters. The molecule has 4 aliphatic rings. The van der Waals surface area contributed by atoms with Crippen LogP contribution >= 0.6 is 0 Å². The van der Waals surface area contributed by atoms with Gasteiger partial charge in [-0.3, -0.25) is 0 Å². The summed E-state index contributed by atoms with van der Waals surface area (Å²) < 4.78 is 28.8. The van der Waals surface area contributed by atoms with Gasteiger partial charge < -0.3 is 38.6 Å². The summed E-state index contributed by atoms with van der Waals surface area (Å²) in [6.07, 6.45) is 4.14. The summed E-state index contributed by atoms with van der Waals surface area (Å²) in [5.74, 6) is -18.6. The molecule has 0 spiro atoms. The lowest BCUT2D eigenvalue weighted by molar-refractivity contribution is -0.158. The zero-order valence-electron chi connectivity index (χ0n) is 38.5. The van der Waals surface area contributed by atoms with Crippen LogP contribution in [0.25, 0.3) is 0 Å². The molecule has 0 radical (unpaired) electrons. The zero-order chi connectivity index (χ0) is 52.0. The Balaban J connectivity index is 1.35. The van der Waals surface area contributed by atoms with Crippen molar-refractivity contribution in [2.24, 2.45) is 0 Å². The molecule has 0 fully saturated rings. The summed E-state index contributed by atoms with van der Waals surface area (Å²) in [7, 11) is 0. The van der Waals surface area contributed by atoms with Gasteiger partial charge in [-0.25, -0.2) is 67.1 Å². The fourth-order valence-electron chi connectivity index (χ4n) is 7.46. The van der Waals surface area contributed by atoms with Crippen molar-refractivity contribution in [1.82, 2.24) is 0 Å². The molecule has 0 aromatic carbocycles. The predicted octanol–water partition coefficient (Wildman–Crippen LogP) is 4.29. The maximum atomic E-state index is 13.1. The smallest absolute Gasteiger partial charge is 0.342 e. The highest BCUT2D eigenvalue weighted by atomic mass is 16.6. The number of esters is 12. The molecule has 0 atom stereocenters. The third kappa shape index (κ3) is 14.2. The molecule has 70 heavy (non-hydrogen) atoms. The van der Waals surface area contributed by atoms with E-state index in [4.69, 9.17) is 28.4 Å². The van der Waals surface area contributed by atoms with Crippen LogP contribution in [0.15, 0.2) is 79.0 Å². The van der Waals surface area contributed by atoms with Crippen LogP contribution in [0.2, 0.25) is 0 Å². The quantitative estimate of drug-likeness (QED) is 0.106. The first-order valence-corrected chi connectivity index (χ1v) is 22.0. The van der Waals surface area contributed by atoms with Gasteiger partial charge in [0.2, 0.25) is 0 Å². The SMILES string of the molecule is C/C(C(=O)OC(=O)C1=C(C(=O)O)CCCC1)=C(\C)C(=O)OC(=O)C1=C(C(=O)OC(=O)/C=C\C(=O)OC(=O)C2=C(C(=O)OC(=O)/C(C)=C(/C)C(=O)OC(=O)C3=C(C(=O)O)CCCC3)CCCC2)CCCC1. The van der Waals surface area contributed by atoms with E-state index in [1.54, 1.807) is 0 Å². The Morgan fingerprint density at radius 2 is 0.471 bits per heavy atom. The highest BCUT2D eigenvalue weighted by molar-refractivity contribution is 6.13. The van der Waals surface area contributed by atoms with Crippen LogP contribution in [-0.4, -0.2) is 93.8 Å². The average molecular weight is 977 g/mol.